The first kappa shape index (κ1) is 45.6. The van der Waals surface area contributed by atoms with Gasteiger partial charge < -0.3 is 19.3 Å². The Morgan fingerprint density at radius 3 is 1.67 bits per heavy atom. The Labute approximate surface area is 303 Å². The molecule has 49 heavy (non-hydrogen) atoms. The molecule has 2 unspecified atom stereocenters. The summed E-state index contributed by atoms with van der Waals surface area (Å²) in [7, 11) is 0. The van der Waals surface area contributed by atoms with Gasteiger partial charge in [0.1, 0.15) is 6.61 Å². The number of ether oxygens (including phenoxy) is 3. The van der Waals surface area contributed by atoms with Crippen LogP contribution in [-0.2, 0) is 23.8 Å². The molecule has 6 heteroatoms. The van der Waals surface area contributed by atoms with Crippen LogP contribution in [0.4, 0.5) is 0 Å². The van der Waals surface area contributed by atoms with Crippen molar-refractivity contribution in [2.45, 2.75) is 232 Å². The second kappa shape index (κ2) is 33.7. The highest BCUT2D eigenvalue weighted by Crippen LogP contribution is 2.30. The number of epoxide rings is 1. The van der Waals surface area contributed by atoms with Gasteiger partial charge in [0.05, 0.1) is 18.8 Å². The van der Waals surface area contributed by atoms with Crippen molar-refractivity contribution < 1.29 is 28.9 Å². The van der Waals surface area contributed by atoms with E-state index in [0.29, 0.717) is 25.0 Å². The Balaban J connectivity index is 1.84. The molecule has 0 bridgehead atoms. The number of aliphatic hydroxyl groups excluding tert-OH is 1. The zero-order valence-corrected chi connectivity index (χ0v) is 32.6. The van der Waals surface area contributed by atoms with Gasteiger partial charge in [0, 0.05) is 12.8 Å². The van der Waals surface area contributed by atoms with Crippen LogP contribution in [0.25, 0.3) is 0 Å². The van der Waals surface area contributed by atoms with E-state index in [4.69, 9.17) is 14.2 Å². The number of carbonyl (C=O) groups excluding carboxylic acids is 2. The van der Waals surface area contributed by atoms with E-state index in [0.717, 1.165) is 57.3 Å². The standard InChI is InChI=1S/C43H80O6/c1-4-5-26-32-40-41(49-40)33-28-23-19-16-17-20-24-29-34-42(45)47-37-39(36-44)48-43(46)35-30-25-21-15-13-11-9-7-6-8-10-12-14-18-22-27-31-38(2)3/h23,28,38-41,44H,4-22,24-27,29-37H2,1-3H3/b28-23-/t39-,40?,41?/m0/s1. The van der Waals surface area contributed by atoms with Crippen LogP contribution in [-0.4, -0.2) is 48.6 Å². The first-order valence-electron chi connectivity index (χ1n) is 21.2. The zero-order valence-electron chi connectivity index (χ0n) is 32.6. The van der Waals surface area contributed by atoms with Crippen LogP contribution in [0.3, 0.4) is 0 Å². The second-order valence-electron chi connectivity index (χ2n) is 15.3. The number of hydrogen-bond acceptors (Lipinski definition) is 6. The maximum absolute atomic E-state index is 12.2. The van der Waals surface area contributed by atoms with E-state index in [9.17, 15) is 14.7 Å². The summed E-state index contributed by atoms with van der Waals surface area (Å²) in [6, 6.07) is 0. The molecule has 3 atom stereocenters. The highest BCUT2D eigenvalue weighted by Gasteiger charge is 2.36. The average molecular weight is 693 g/mol. The number of esters is 2. The van der Waals surface area contributed by atoms with Crippen LogP contribution in [0.5, 0.6) is 0 Å². The number of rotatable bonds is 37. The molecule has 1 N–H and O–H groups in total. The Kier molecular flexibility index (Phi) is 31.4. The lowest BCUT2D eigenvalue weighted by molar-refractivity contribution is -0.161. The van der Waals surface area contributed by atoms with Crippen LogP contribution >= 0.6 is 0 Å². The monoisotopic (exact) mass is 693 g/mol. The summed E-state index contributed by atoms with van der Waals surface area (Å²) in [5.41, 5.74) is 0. The van der Waals surface area contributed by atoms with E-state index in [1.54, 1.807) is 0 Å². The minimum Gasteiger partial charge on any atom is -0.462 e. The summed E-state index contributed by atoms with van der Waals surface area (Å²) in [5.74, 6) is 0.254. The maximum Gasteiger partial charge on any atom is 0.306 e. The molecule has 0 aromatic heterocycles. The molecule has 0 aromatic carbocycles. The van der Waals surface area contributed by atoms with Crippen molar-refractivity contribution in [2.75, 3.05) is 13.2 Å². The number of aliphatic hydroxyl groups is 1. The molecule has 1 rings (SSSR count). The van der Waals surface area contributed by atoms with Gasteiger partial charge in [0.25, 0.3) is 0 Å². The number of unbranched alkanes of at least 4 members (excludes halogenated alkanes) is 22. The first-order valence-corrected chi connectivity index (χ1v) is 21.2. The molecular weight excluding hydrogens is 612 g/mol. The van der Waals surface area contributed by atoms with Gasteiger partial charge in [-0.15, -0.1) is 0 Å². The lowest BCUT2D eigenvalue weighted by atomic mass is 10.0. The summed E-state index contributed by atoms with van der Waals surface area (Å²) < 4.78 is 16.4. The Hall–Kier alpha value is -1.40. The molecule has 1 fully saturated rings. The molecule has 0 radical (unpaired) electrons. The molecule has 0 spiro atoms. The van der Waals surface area contributed by atoms with Crippen molar-refractivity contribution in [1.29, 1.82) is 0 Å². The molecule has 0 saturated carbocycles. The quantitative estimate of drug-likeness (QED) is 0.0302. The highest BCUT2D eigenvalue weighted by molar-refractivity contribution is 5.70. The van der Waals surface area contributed by atoms with Gasteiger partial charge in [-0.3, -0.25) is 9.59 Å². The third-order valence-electron chi connectivity index (χ3n) is 9.91. The topological polar surface area (TPSA) is 85.4 Å². The van der Waals surface area contributed by atoms with E-state index in [1.807, 2.05) is 0 Å². The number of hydrogen-bond donors (Lipinski definition) is 1. The first-order chi connectivity index (χ1) is 24.0. The summed E-state index contributed by atoms with van der Waals surface area (Å²) in [6.07, 6.45) is 40.2. The molecule has 1 aliphatic rings. The Morgan fingerprint density at radius 1 is 0.633 bits per heavy atom. The van der Waals surface area contributed by atoms with E-state index in [2.05, 4.69) is 32.9 Å². The van der Waals surface area contributed by atoms with Gasteiger partial charge in [-0.2, -0.15) is 0 Å². The lowest BCUT2D eigenvalue weighted by Crippen LogP contribution is -2.28. The molecule has 1 heterocycles. The predicted molar refractivity (Wildman–Crippen MR) is 205 cm³/mol. The van der Waals surface area contributed by atoms with E-state index in [-0.39, 0.29) is 25.2 Å². The molecule has 1 aliphatic heterocycles. The van der Waals surface area contributed by atoms with Crippen LogP contribution in [0.2, 0.25) is 0 Å². The van der Waals surface area contributed by atoms with Gasteiger partial charge in [-0.05, 0) is 44.4 Å². The van der Waals surface area contributed by atoms with Crippen LogP contribution in [0.1, 0.15) is 213 Å². The number of carbonyl (C=O) groups is 2. The number of allylic oxidation sites excluding steroid dienone is 1. The van der Waals surface area contributed by atoms with Crippen molar-refractivity contribution in [1.82, 2.24) is 0 Å². The third-order valence-corrected chi connectivity index (χ3v) is 9.91. The molecule has 6 nitrogen and oxygen atoms in total. The zero-order chi connectivity index (χ0) is 35.6. The van der Waals surface area contributed by atoms with Crippen LogP contribution in [0.15, 0.2) is 12.2 Å². The van der Waals surface area contributed by atoms with Crippen molar-refractivity contribution in [2.24, 2.45) is 5.92 Å². The normalized spacial score (nSPS) is 16.4. The maximum atomic E-state index is 12.2. The second-order valence-corrected chi connectivity index (χ2v) is 15.3. The highest BCUT2D eigenvalue weighted by atomic mass is 16.6. The molecular formula is C43H80O6. The minimum absolute atomic E-state index is 0.0721. The fourth-order valence-corrected chi connectivity index (χ4v) is 6.57. The lowest BCUT2D eigenvalue weighted by Gasteiger charge is -2.15. The summed E-state index contributed by atoms with van der Waals surface area (Å²) in [4.78, 5) is 24.3. The predicted octanol–water partition coefficient (Wildman–Crippen LogP) is 12.1. The van der Waals surface area contributed by atoms with E-state index >= 15 is 0 Å². The van der Waals surface area contributed by atoms with Crippen molar-refractivity contribution in [3.63, 3.8) is 0 Å². The average Bonchev–Trinajstić information content (AvgIpc) is 3.84. The fraction of sp³-hybridized carbons (Fsp3) is 0.907. The summed E-state index contributed by atoms with van der Waals surface area (Å²) in [5, 5.41) is 9.57. The van der Waals surface area contributed by atoms with E-state index < -0.39 is 6.10 Å². The van der Waals surface area contributed by atoms with Gasteiger partial charge >= 0.3 is 11.9 Å². The molecule has 288 valence electrons. The summed E-state index contributed by atoms with van der Waals surface area (Å²) >= 11 is 0. The van der Waals surface area contributed by atoms with Crippen molar-refractivity contribution in [3.05, 3.63) is 12.2 Å². The van der Waals surface area contributed by atoms with Gasteiger partial charge in [0.15, 0.2) is 6.10 Å². The molecule has 0 aliphatic carbocycles. The third kappa shape index (κ3) is 31.1. The largest absolute Gasteiger partial charge is 0.462 e. The molecule has 0 aromatic rings. The van der Waals surface area contributed by atoms with Gasteiger partial charge in [-0.25, -0.2) is 0 Å². The summed E-state index contributed by atoms with van der Waals surface area (Å²) in [6.45, 7) is 6.47. The minimum atomic E-state index is -0.775. The van der Waals surface area contributed by atoms with Crippen molar-refractivity contribution >= 4 is 11.9 Å². The van der Waals surface area contributed by atoms with Gasteiger partial charge in [-0.1, -0.05) is 174 Å². The van der Waals surface area contributed by atoms with Crippen molar-refractivity contribution in [3.8, 4) is 0 Å². The van der Waals surface area contributed by atoms with Crippen LogP contribution < -0.4 is 0 Å². The molecule has 0 amide bonds. The van der Waals surface area contributed by atoms with E-state index in [1.165, 1.54) is 128 Å². The van der Waals surface area contributed by atoms with Gasteiger partial charge in [0.2, 0.25) is 0 Å². The Bertz CT molecular complexity index is 780. The van der Waals surface area contributed by atoms with Crippen LogP contribution in [0, 0.1) is 5.92 Å². The SMILES string of the molecule is CCCCCC1OC1C/C=C\CCCCCCCC(=O)OC[C@H](CO)OC(=O)CCCCCCCCCCCCCCCCCCC(C)C. The molecule has 1 saturated heterocycles. The fourth-order valence-electron chi connectivity index (χ4n) is 6.57. The smallest absolute Gasteiger partial charge is 0.306 e. The Morgan fingerprint density at radius 2 is 1.14 bits per heavy atom.